The highest BCUT2D eigenvalue weighted by Crippen LogP contribution is 2.30. The third-order valence-corrected chi connectivity index (χ3v) is 4.68. The zero-order valence-electron chi connectivity index (χ0n) is 11.1. The van der Waals surface area contributed by atoms with Crippen molar-refractivity contribution in [3.05, 3.63) is 21.9 Å². The van der Waals surface area contributed by atoms with Gasteiger partial charge in [0.05, 0.1) is 9.75 Å². The van der Waals surface area contributed by atoms with Gasteiger partial charge in [0.25, 0.3) is 5.91 Å². The van der Waals surface area contributed by atoms with Crippen LogP contribution in [0.25, 0.3) is 0 Å². The minimum Gasteiger partial charge on any atom is -0.384 e. The van der Waals surface area contributed by atoms with Crippen molar-refractivity contribution in [1.82, 2.24) is 5.32 Å². The Labute approximate surface area is 118 Å². The first-order chi connectivity index (χ1) is 9.20. The Morgan fingerprint density at radius 3 is 3.05 bits per heavy atom. The van der Waals surface area contributed by atoms with Gasteiger partial charge in [0.1, 0.15) is 6.61 Å². The molecule has 1 aliphatic rings. The summed E-state index contributed by atoms with van der Waals surface area (Å²) in [5, 5.41) is 11.6. The molecule has 2 N–H and O–H groups in total. The molecule has 2 atom stereocenters. The molecule has 0 aliphatic heterocycles. The number of rotatable bonds is 3. The number of carbonyl (C=O) groups excluding carboxylic acids is 1. The fourth-order valence-electron chi connectivity index (χ4n) is 2.49. The molecule has 0 aromatic carbocycles. The van der Waals surface area contributed by atoms with Gasteiger partial charge in [-0.15, -0.1) is 11.3 Å². The molecule has 1 fully saturated rings. The third kappa shape index (κ3) is 3.82. The first-order valence-corrected chi connectivity index (χ1v) is 7.50. The number of hydrogen-bond acceptors (Lipinski definition) is 3. The molecule has 1 saturated carbocycles. The smallest absolute Gasteiger partial charge is 0.261 e. The Balaban J connectivity index is 1.87. The molecule has 2 unspecified atom stereocenters. The van der Waals surface area contributed by atoms with E-state index in [0.29, 0.717) is 10.8 Å². The summed E-state index contributed by atoms with van der Waals surface area (Å²) in [6.45, 7) is 2.88. The van der Waals surface area contributed by atoms with E-state index >= 15 is 0 Å². The van der Waals surface area contributed by atoms with Crippen LogP contribution in [0.2, 0.25) is 0 Å². The largest absolute Gasteiger partial charge is 0.384 e. The molecule has 1 aromatic heterocycles. The van der Waals surface area contributed by atoms with Gasteiger partial charge in [-0.3, -0.25) is 4.79 Å². The molecule has 4 heteroatoms. The van der Waals surface area contributed by atoms with E-state index in [1.54, 1.807) is 6.07 Å². The van der Waals surface area contributed by atoms with Crippen LogP contribution in [0.3, 0.4) is 0 Å². The van der Waals surface area contributed by atoms with Crippen molar-refractivity contribution in [3.8, 4) is 11.8 Å². The highest BCUT2D eigenvalue weighted by atomic mass is 32.1. The predicted octanol–water partition coefficient (Wildman–Crippen LogP) is 2.26. The van der Waals surface area contributed by atoms with Crippen molar-refractivity contribution in [3.63, 3.8) is 0 Å². The molecule has 0 bridgehead atoms. The minimum absolute atomic E-state index is 0.0128. The molecule has 3 nitrogen and oxygen atoms in total. The summed E-state index contributed by atoms with van der Waals surface area (Å²) in [4.78, 5) is 13.5. The van der Waals surface area contributed by atoms with Crippen molar-refractivity contribution in [1.29, 1.82) is 0 Å². The van der Waals surface area contributed by atoms with E-state index in [9.17, 15) is 4.79 Å². The highest BCUT2D eigenvalue weighted by molar-refractivity contribution is 7.14. The second-order valence-corrected chi connectivity index (χ2v) is 6.09. The van der Waals surface area contributed by atoms with E-state index in [0.717, 1.165) is 17.3 Å². The Bertz CT molecular complexity index is 498. The van der Waals surface area contributed by atoms with Crippen molar-refractivity contribution < 1.29 is 9.90 Å². The summed E-state index contributed by atoms with van der Waals surface area (Å²) in [6, 6.07) is 3.61. The lowest BCUT2D eigenvalue weighted by Gasteiger charge is -2.15. The third-order valence-electron chi connectivity index (χ3n) is 3.68. The van der Waals surface area contributed by atoms with Crippen LogP contribution < -0.4 is 5.32 Å². The lowest BCUT2D eigenvalue weighted by molar-refractivity contribution is 0.0948. The van der Waals surface area contributed by atoms with Gasteiger partial charge >= 0.3 is 0 Å². The first kappa shape index (κ1) is 14.1. The zero-order valence-corrected chi connectivity index (χ0v) is 11.9. The maximum atomic E-state index is 12.0. The average molecular weight is 277 g/mol. The fourth-order valence-corrected chi connectivity index (χ4v) is 3.29. The highest BCUT2D eigenvalue weighted by Gasteiger charge is 2.23. The van der Waals surface area contributed by atoms with E-state index in [1.165, 1.54) is 30.6 Å². The van der Waals surface area contributed by atoms with Gasteiger partial charge in [0, 0.05) is 6.54 Å². The average Bonchev–Trinajstić information content (AvgIpc) is 3.03. The topological polar surface area (TPSA) is 49.3 Å². The number of carbonyl (C=O) groups is 1. The fraction of sp³-hybridized carbons (Fsp3) is 0.533. The molecule has 1 aliphatic carbocycles. The van der Waals surface area contributed by atoms with E-state index in [2.05, 4.69) is 24.1 Å². The zero-order chi connectivity index (χ0) is 13.7. The summed E-state index contributed by atoms with van der Waals surface area (Å²) in [6.07, 6.45) is 3.78. The summed E-state index contributed by atoms with van der Waals surface area (Å²) >= 11 is 1.37. The van der Waals surface area contributed by atoms with Crippen LogP contribution in [0.1, 0.15) is 40.7 Å². The van der Waals surface area contributed by atoms with Crippen LogP contribution >= 0.6 is 11.3 Å². The van der Waals surface area contributed by atoms with Gasteiger partial charge in [0.15, 0.2) is 0 Å². The van der Waals surface area contributed by atoms with Gasteiger partial charge < -0.3 is 10.4 Å². The van der Waals surface area contributed by atoms with Crippen molar-refractivity contribution in [2.45, 2.75) is 26.2 Å². The van der Waals surface area contributed by atoms with E-state index < -0.39 is 0 Å². The number of amides is 1. The lowest BCUT2D eigenvalue weighted by Crippen LogP contribution is -2.29. The molecule has 1 aromatic rings. The second-order valence-electron chi connectivity index (χ2n) is 5.00. The van der Waals surface area contributed by atoms with Gasteiger partial charge in [-0.1, -0.05) is 31.6 Å². The maximum absolute atomic E-state index is 12.0. The normalized spacial score (nSPS) is 21.8. The molecular weight excluding hydrogens is 258 g/mol. The van der Waals surface area contributed by atoms with Crippen LogP contribution in [0.15, 0.2) is 12.1 Å². The van der Waals surface area contributed by atoms with Gasteiger partial charge in [-0.2, -0.15) is 0 Å². The predicted molar refractivity (Wildman–Crippen MR) is 77.1 cm³/mol. The number of aliphatic hydroxyl groups excluding tert-OH is 1. The molecule has 102 valence electrons. The Morgan fingerprint density at radius 2 is 2.37 bits per heavy atom. The van der Waals surface area contributed by atoms with Crippen LogP contribution in [0, 0.1) is 23.7 Å². The Morgan fingerprint density at radius 1 is 1.53 bits per heavy atom. The van der Waals surface area contributed by atoms with Crippen LogP contribution in [0.5, 0.6) is 0 Å². The molecular formula is C15H19NO2S. The van der Waals surface area contributed by atoms with Crippen molar-refractivity contribution in [2.75, 3.05) is 13.2 Å². The molecule has 19 heavy (non-hydrogen) atoms. The van der Waals surface area contributed by atoms with E-state index in [4.69, 9.17) is 5.11 Å². The number of aliphatic hydroxyl groups is 1. The molecule has 0 radical (unpaired) electrons. The molecule has 0 spiro atoms. The minimum atomic E-state index is -0.154. The lowest BCUT2D eigenvalue weighted by atomic mass is 9.98. The standard InChI is InChI=1S/C15H19NO2S/c1-11-4-2-5-12(11)10-16-15(18)14-8-7-13(19-14)6-3-9-17/h7-8,11-12,17H,2,4-5,9-10H2,1H3,(H,16,18). The van der Waals surface area contributed by atoms with Crippen LogP contribution in [-0.4, -0.2) is 24.2 Å². The van der Waals surface area contributed by atoms with Crippen molar-refractivity contribution in [2.24, 2.45) is 11.8 Å². The summed E-state index contributed by atoms with van der Waals surface area (Å²) in [5.74, 6) is 6.72. The van der Waals surface area contributed by atoms with E-state index in [-0.39, 0.29) is 12.5 Å². The first-order valence-electron chi connectivity index (χ1n) is 6.68. The number of hydrogen-bond donors (Lipinski definition) is 2. The van der Waals surface area contributed by atoms with Crippen LogP contribution in [0.4, 0.5) is 0 Å². The summed E-state index contributed by atoms with van der Waals surface area (Å²) < 4.78 is 0. The van der Waals surface area contributed by atoms with Crippen LogP contribution in [-0.2, 0) is 0 Å². The summed E-state index contributed by atoms with van der Waals surface area (Å²) in [7, 11) is 0. The summed E-state index contributed by atoms with van der Waals surface area (Å²) in [5.41, 5.74) is 0. The Kier molecular flexibility index (Phi) is 5.00. The molecule has 1 amide bonds. The molecule has 1 heterocycles. The van der Waals surface area contributed by atoms with Gasteiger partial charge in [-0.05, 0) is 30.4 Å². The quantitative estimate of drug-likeness (QED) is 0.833. The second kappa shape index (κ2) is 6.74. The number of thiophene rings is 1. The SMILES string of the molecule is CC1CCCC1CNC(=O)c1ccc(C#CCO)s1. The van der Waals surface area contributed by atoms with Gasteiger partial charge in [0.2, 0.25) is 0 Å². The molecule has 2 rings (SSSR count). The van der Waals surface area contributed by atoms with Gasteiger partial charge in [-0.25, -0.2) is 0 Å². The van der Waals surface area contributed by atoms with E-state index in [1.807, 2.05) is 6.07 Å². The maximum Gasteiger partial charge on any atom is 0.261 e. The monoisotopic (exact) mass is 277 g/mol. The Hall–Kier alpha value is -1.31. The molecule has 0 saturated heterocycles. The number of nitrogens with one attached hydrogen (secondary N) is 1. The van der Waals surface area contributed by atoms with Crippen molar-refractivity contribution >= 4 is 17.2 Å².